The second-order valence-electron chi connectivity index (χ2n) is 3.17. The molecule has 0 spiro atoms. The summed E-state index contributed by atoms with van der Waals surface area (Å²) in [6.45, 7) is 0.368. The highest BCUT2D eigenvalue weighted by atomic mass is 15.0. The normalized spacial score (nSPS) is 10.2. The molecule has 2 aromatic rings. The lowest BCUT2D eigenvalue weighted by Gasteiger charge is -2.03. The van der Waals surface area contributed by atoms with Crippen LogP contribution in [-0.4, -0.2) is 9.97 Å². The molecule has 1 heterocycles. The first kappa shape index (κ1) is 9.61. The lowest BCUT2D eigenvalue weighted by molar-refractivity contribution is 0.974. The molecule has 1 aromatic carbocycles. The van der Waals surface area contributed by atoms with E-state index < -0.39 is 0 Å². The molecular formula is C11H12N4. The Balaban J connectivity index is 2.49. The molecule has 0 aliphatic rings. The molecule has 0 amide bonds. The van der Waals surface area contributed by atoms with E-state index in [-0.39, 0.29) is 5.95 Å². The quantitative estimate of drug-likeness (QED) is 0.763. The molecule has 15 heavy (non-hydrogen) atoms. The molecule has 0 fully saturated rings. The summed E-state index contributed by atoms with van der Waals surface area (Å²) in [6, 6.07) is 11.7. The molecule has 4 heteroatoms. The molecule has 0 aliphatic carbocycles. The molecule has 4 nitrogen and oxygen atoms in total. The van der Waals surface area contributed by atoms with E-state index in [2.05, 4.69) is 9.97 Å². The van der Waals surface area contributed by atoms with Crippen molar-refractivity contribution in [3.05, 3.63) is 42.1 Å². The van der Waals surface area contributed by atoms with E-state index in [1.165, 1.54) is 0 Å². The first-order chi connectivity index (χ1) is 7.29. The average molecular weight is 200 g/mol. The van der Waals surface area contributed by atoms with Gasteiger partial charge in [-0.1, -0.05) is 30.3 Å². The Bertz CT molecular complexity index is 453. The highest BCUT2D eigenvalue weighted by Crippen LogP contribution is 2.17. The van der Waals surface area contributed by atoms with E-state index in [1.54, 1.807) is 0 Å². The van der Waals surface area contributed by atoms with Gasteiger partial charge in [-0.05, 0) is 6.07 Å². The van der Waals surface area contributed by atoms with Crippen LogP contribution in [0.15, 0.2) is 36.4 Å². The van der Waals surface area contributed by atoms with Crippen LogP contribution in [0.25, 0.3) is 11.3 Å². The minimum absolute atomic E-state index is 0.261. The largest absolute Gasteiger partial charge is 0.368 e. The van der Waals surface area contributed by atoms with Gasteiger partial charge in [0.25, 0.3) is 0 Å². The van der Waals surface area contributed by atoms with Gasteiger partial charge < -0.3 is 11.5 Å². The third-order valence-corrected chi connectivity index (χ3v) is 2.08. The Morgan fingerprint density at radius 1 is 1.07 bits per heavy atom. The standard InChI is InChI=1S/C11H12N4/c12-7-9-6-10(15-11(13)14-9)8-4-2-1-3-5-8/h1-6H,7,12H2,(H2,13,14,15). The topological polar surface area (TPSA) is 77.8 Å². The van der Waals surface area contributed by atoms with Crippen molar-refractivity contribution in [2.24, 2.45) is 5.73 Å². The van der Waals surface area contributed by atoms with E-state index in [4.69, 9.17) is 11.5 Å². The van der Waals surface area contributed by atoms with Crippen molar-refractivity contribution < 1.29 is 0 Å². The summed E-state index contributed by atoms with van der Waals surface area (Å²) in [5.74, 6) is 0.261. The van der Waals surface area contributed by atoms with Crippen molar-refractivity contribution in [3.63, 3.8) is 0 Å². The van der Waals surface area contributed by atoms with Gasteiger partial charge in [0.15, 0.2) is 0 Å². The van der Waals surface area contributed by atoms with Crippen LogP contribution in [0, 0.1) is 0 Å². The number of nitrogens with zero attached hydrogens (tertiary/aromatic N) is 2. The first-order valence-electron chi connectivity index (χ1n) is 4.68. The van der Waals surface area contributed by atoms with E-state index in [9.17, 15) is 0 Å². The molecule has 0 saturated carbocycles. The molecular weight excluding hydrogens is 188 g/mol. The first-order valence-corrected chi connectivity index (χ1v) is 4.68. The summed E-state index contributed by atoms with van der Waals surface area (Å²) in [6.07, 6.45) is 0. The van der Waals surface area contributed by atoms with Gasteiger partial charge in [-0.15, -0.1) is 0 Å². The smallest absolute Gasteiger partial charge is 0.220 e. The van der Waals surface area contributed by atoms with Crippen LogP contribution < -0.4 is 11.5 Å². The zero-order valence-electron chi connectivity index (χ0n) is 8.22. The van der Waals surface area contributed by atoms with Gasteiger partial charge in [0.1, 0.15) is 0 Å². The maximum atomic E-state index is 5.59. The number of benzene rings is 1. The third-order valence-electron chi connectivity index (χ3n) is 2.08. The van der Waals surface area contributed by atoms with Crippen LogP contribution in [0.2, 0.25) is 0 Å². The summed E-state index contributed by atoms with van der Waals surface area (Å²) in [5, 5.41) is 0. The number of aromatic nitrogens is 2. The number of anilines is 1. The monoisotopic (exact) mass is 200 g/mol. The van der Waals surface area contributed by atoms with Gasteiger partial charge in [0.05, 0.1) is 11.4 Å². The van der Waals surface area contributed by atoms with Crippen LogP contribution in [0.1, 0.15) is 5.69 Å². The van der Waals surface area contributed by atoms with Crippen molar-refractivity contribution >= 4 is 5.95 Å². The van der Waals surface area contributed by atoms with E-state index in [0.717, 1.165) is 17.0 Å². The molecule has 0 unspecified atom stereocenters. The number of rotatable bonds is 2. The molecule has 0 radical (unpaired) electrons. The highest BCUT2D eigenvalue weighted by Gasteiger charge is 2.02. The van der Waals surface area contributed by atoms with Crippen LogP contribution in [0.3, 0.4) is 0 Å². The van der Waals surface area contributed by atoms with Crippen molar-refractivity contribution in [1.29, 1.82) is 0 Å². The molecule has 76 valence electrons. The van der Waals surface area contributed by atoms with Crippen molar-refractivity contribution in [3.8, 4) is 11.3 Å². The van der Waals surface area contributed by atoms with E-state index in [0.29, 0.717) is 6.54 Å². The van der Waals surface area contributed by atoms with Gasteiger partial charge in [-0.3, -0.25) is 0 Å². The summed E-state index contributed by atoms with van der Waals surface area (Å²) in [5.41, 5.74) is 13.7. The number of hydrogen-bond donors (Lipinski definition) is 2. The lowest BCUT2D eigenvalue weighted by Crippen LogP contribution is -2.05. The zero-order valence-corrected chi connectivity index (χ0v) is 8.22. The Hall–Kier alpha value is -1.94. The predicted octanol–water partition coefficient (Wildman–Crippen LogP) is 1.18. The van der Waals surface area contributed by atoms with Crippen LogP contribution >= 0.6 is 0 Å². The minimum atomic E-state index is 0.261. The third kappa shape index (κ3) is 2.11. The summed E-state index contributed by atoms with van der Waals surface area (Å²) >= 11 is 0. The fourth-order valence-corrected chi connectivity index (χ4v) is 1.38. The fraction of sp³-hybridized carbons (Fsp3) is 0.0909. The van der Waals surface area contributed by atoms with Crippen LogP contribution in [0.5, 0.6) is 0 Å². The second kappa shape index (κ2) is 4.06. The summed E-state index contributed by atoms with van der Waals surface area (Å²) in [4.78, 5) is 8.18. The van der Waals surface area contributed by atoms with Gasteiger partial charge in [0.2, 0.25) is 5.95 Å². The maximum absolute atomic E-state index is 5.59. The Kier molecular flexibility index (Phi) is 2.60. The fourth-order valence-electron chi connectivity index (χ4n) is 1.38. The van der Waals surface area contributed by atoms with Crippen molar-refractivity contribution in [2.45, 2.75) is 6.54 Å². The average Bonchev–Trinajstić information content (AvgIpc) is 2.29. The lowest BCUT2D eigenvalue weighted by atomic mass is 10.1. The molecule has 1 aromatic heterocycles. The molecule has 0 bridgehead atoms. The van der Waals surface area contributed by atoms with Gasteiger partial charge in [0, 0.05) is 12.1 Å². The molecule has 0 aliphatic heterocycles. The molecule has 4 N–H and O–H groups in total. The van der Waals surface area contributed by atoms with Gasteiger partial charge in [-0.2, -0.15) is 0 Å². The second-order valence-corrected chi connectivity index (χ2v) is 3.17. The predicted molar refractivity (Wildman–Crippen MR) is 59.8 cm³/mol. The molecule has 0 atom stereocenters. The highest BCUT2D eigenvalue weighted by molar-refractivity contribution is 5.60. The van der Waals surface area contributed by atoms with E-state index >= 15 is 0 Å². The van der Waals surface area contributed by atoms with Crippen LogP contribution in [-0.2, 0) is 6.54 Å². The number of hydrogen-bond acceptors (Lipinski definition) is 4. The SMILES string of the molecule is NCc1cc(-c2ccccc2)nc(N)n1. The Morgan fingerprint density at radius 3 is 2.47 bits per heavy atom. The molecule has 0 saturated heterocycles. The summed E-state index contributed by atoms with van der Waals surface area (Å²) in [7, 11) is 0. The minimum Gasteiger partial charge on any atom is -0.368 e. The Labute approximate surface area is 88.0 Å². The van der Waals surface area contributed by atoms with Gasteiger partial charge >= 0.3 is 0 Å². The molecule has 2 rings (SSSR count). The number of nitrogen functional groups attached to an aromatic ring is 1. The van der Waals surface area contributed by atoms with Crippen molar-refractivity contribution in [1.82, 2.24) is 9.97 Å². The van der Waals surface area contributed by atoms with Gasteiger partial charge in [-0.25, -0.2) is 9.97 Å². The van der Waals surface area contributed by atoms with E-state index in [1.807, 2.05) is 36.4 Å². The van der Waals surface area contributed by atoms with Crippen LogP contribution in [0.4, 0.5) is 5.95 Å². The summed E-state index contributed by atoms with van der Waals surface area (Å²) < 4.78 is 0. The zero-order chi connectivity index (χ0) is 10.7. The maximum Gasteiger partial charge on any atom is 0.220 e. The number of nitrogens with two attached hydrogens (primary N) is 2. The van der Waals surface area contributed by atoms with Crippen molar-refractivity contribution in [2.75, 3.05) is 5.73 Å². The Morgan fingerprint density at radius 2 is 1.80 bits per heavy atom.